The number of nitrogens with one attached hydrogen (secondary N) is 1. The van der Waals surface area contributed by atoms with Crippen LogP contribution >= 0.6 is 0 Å². The predicted molar refractivity (Wildman–Crippen MR) is 59.3 cm³/mol. The van der Waals surface area contributed by atoms with Crippen LogP contribution in [0.15, 0.2) is 0 Å². The monoisotopic (exact) mass is 243 g/mol. The zero-order valence-corrected chi connectivity index (χ0v) is 9.97. The Morgan fingerprint density at radius 2 is 2.24 bits per heavy atom. The molecule has 7 nitrogen and oxygen atoms in total. The van der Waals surface area contributed by atoms with Crippen molar-refractivity contribution in [3.8, 4) is 6.07 Å². The summed E-state index contributed by atoms with van der Waals surface area (Å²) in [4.78, 5) is 22.9. The number of rotatable bonds is 7. The van der Waals surface area contributed by atoms with E-state index in [9.17, 15) is 9.59 Å². The molecule has 0 aliphatic heterocycles. The molecule has 0 aromatic rings. The summed E-state index contributed by atoms with van der Waals surface area (Å²) in [6.07, 6.45) is 0. The third kappa shape index (κ3) is 8.04. The molecule has 0 saturated carbocycles. The molecule has 0 aromatic heterocycles. The third-order valence-electron chi connectivity index (χ3n) is 1.86. The van der Waals surface area contributed by atoms with E-state index in [0.29, 0.717) is 6.54 Å². The van der Waals surface area contributed by atoms with Crippen LogP contribution in [-0.4, -0.2) is 55.4 Å². The molecule has 2 N–H and O–H groups in total. The fourth-order valence-electron chi connectivity index (χ4n) is 1.06. The van der Waals surface area contributed by atoms with Gasteiger partial charge in [-0.2, -0.15) is 5.26 Å². The number of carbonyl (C=O) groups excluding carboxylic acids is 1. The summed E-state index contributed by atoms with van der Waals surface area (Å²) < 4.78 is 4.74. The number of amides is 2. The number of nitriles is 1. The van der Waals surface area contributed by atoms with Crippen LogP contribution in [0.3, 0.4) is 0 Å². The van der Waals surface area contributed by atoms with Crippen molar-refractivity contribution in [3.63, 3.8) is 0 Å². The topological polar surface area (TPSA) is 103 Å². The summed E-state index contributed by atoms with van der Waals surface area (Å²) in [5.41, 5.74) is 0. The SMILES string of the molecule is CC(C#N)CN(C)C(=O)NCCOCC(=O)O. The summed E-state index contributed by atoms with van der Waals surface area (Å²) in [6.45, 7) is 2.06. The van der Waals surface area contributed by atoms with Gasteiger partial charge in [-0.1, -0.05) is 0 Å². The van der Waals surface area contributed by atoms with Gasteiger partial charge in [-0.15, -0.1) is 0 Å². The second-order valence-corrected chi connectivity index (χ2v) is 3.59. The highest BCUT2D eigenvalue weighted by molar-refractivity contribution is 5.73. The third-order valence-corrected chi connectivity index (χ3v) is 1.86. The first kappa shape index (κ1) is 15.2. The zero-order valence-electron chi connectivity index (χ0n) is 9.97. The fourth-order valence-corrected chi connectivity index (χ4v) is 1.06. The first-order valence-corrected chi connectivity index (χ1v) is 5.15. The maximum atomic E-state index is 11.4. The van der Waals surface area contributed by atoms with E-state index in [1.165, 1.54) is 4.90 Å². The smallest absolute Gasteiger partial charge is 0.329 e. The first-order chi connectivity index (χ1) is 7.97. The Morgan fingerprint density at radius 1 is 1.59 bits per heavy atom. The number of hydrogen-bond donors (Lipinski definition) is 2. The Balaban J connectivity index is 3.65. The van der Waals surface area contributed by atoms with Crippen molar-refractivity contribution in [2.45, 2.75) is 6.92 Å². The molecular formula is C10H17N3O4. The van der Waals surface area contributed by atoms with Crippen LogP contribution in [0.5, 0.6) is 0 Å². The van der Waals surface area contributed by atoms with Crippen molar-refractivity contribution < 1.29 is 19.4 Å². The van der Waals surface area contributed by atoms with E-state index in [0.717, 1.165) is 0 Å². The van der Waals surface area contributed by atoms with Crippen molar-refractivity contribution in [2.75, 3.05) is 33.4 Å². The van der Waals surface area contributed by atoms with Gasteiger partial charge in [0.05, 0.1) is 18.6 Å². The van der Waals surface area contributed by atoms with Crippen molar-refractivity contribution >= 4 is 12.0 Å². The number of hydrogen-bond acceptors (Lipinski definition) is 4. The second-order valence-electron chi connectivity index (χ2n) is 3.59. The fraction of sp³-hybridized carbons (Fsp3) is 0.700. The van der Waals surface area contributed by atoms with E-state index in [-0.39, 0.29) is 31.7 Å². The summed E-state index contributed by atoms with van der Waals surface area (Å²) in [5.74, 6) is -1.27. The van der Waals surface area contributed by atoms with Crippen molar-refractivity contribution in [1.82, 2.24) is 10.2 Å². The van der Waals surface area contributed by atoms with E-state index in [1.54, 1.807) is 14.0 Å². The molecule has 0 aromatic carbocycles. The Labute approximate surface area is 100.0 Å². The van der Waals surface area contributed by atoms with Gasteiger partial charge in [0.1, 0.15) is 6.61 Å². The van der Waals surface area contributed by atoms with Crippen LogP contribution in [0.2, 0.25) is 0 Å². The minimum atomic E-state index is -1.05. The van der Waals surface area contributed by atoms with Gasteiger partial charge in [-0.05, 0) is 6.92 Å². The van der Waals surface area contributed by atoms with Crippen molar-refractivity contribution in [2.24, 2.45) is 5.92 Å². The zero-order chi connectivity index (χ0) is 13.3. The molecule has 2 amide bonds. The average Bonchev–Trinajstić information content (AvgIpc) is 2.27. The Hall–Kier alpha value is -1.81. The van der Waals surface area contributed by atoms with Crippen LogP contribution in [-0.2, 0) is 9.53 Å². The summed E-state index contributed by atoms with van der Waals surface area (Å²) in [5, 5.41) is 19.4. The van der Waals surface area contributed by atoms with Crippen LogP contribution in [0, 0.1) is 17.2 Å². The molecule has 96 valence electrons. The molecule has 0 radical (unpaired) electrons. The maximum absolute atomic E-state index is 11.4. The number of aliphatic carboxylic acids is 1. The highest BCUT2D eigenvalue weighted by atomic mass is 16.5. The van der Waals surface area contributed by atoms with Crippen LogP contribution < -0.4 is 5.32 Å². The molecule has 0 fully saturated rings. The molecule has 0 saturated heterocycles. The van der Waals surface area contributed by atoms with E-state index >= 15 is 0 Å². The quantitative estimate of drug-likeness (QED) is 0.607. The van der Waals surface area contributed by atoms with Gasteiger partial charge < -0.3 is 20.1 Å². The van der Waals surface area contributed by atoms with Gasteiger partial charge in [-0.3, -0.25) is 0 Å². The average molecular weight is 243 g/mol. The molecule has 17 heavy (non-hydrogen) atoms. The van der Waals surface area contributed by atoms with E-state index in [1.807, 2.05) is 6.07 Å². The van der Waals surface area contributed by atoms with E-state index < -0.39 is 5.97 Å². The van der Waals surface area contributed by atoms with Gasteiger partial charge in [0, 0.05) is 20.1 Å². The molecule has 0 heterocycles. The number of carboxylic acids is 1. The maximum Gasteiger partial charge on any atom is 0.329 e. The van der Waals surface area contributed by atoms with Crippen LogP contribution in [0.4, 0.5) is 4.79 Å². The number of ether oxygens (including phenoxy) is 1. The van der Waals surface area contributed by atoms with Gasteiger partial charge in [0.2, 0.25) is 0 Å². The summed E-state index contributed by atoms with van der Waals surface area (Å²) in [7, 11) is 1.58. The summed E-state index contributed by atoms with van der Waals surface area (Å²) >= 11 is 0. The summed E-state index contributed by atoms with van der Waals surface area (Å²) in [6, 6.07) is 1.71. The van der Waals surface area contributed by atoms with Crippen molar-refractivity contribution in [1.29, 1.82) is 5.26 Å². The largest absolute Gasteiger partial charge is 0.480 e. The van der Waals surface area contributed by atoms with Gasteiger partial charge in [0.15, 0.2) is 0 Å². The molecular weight excluding hydrogens is 226 g/mol. The first-order valence-electron chi connectivity index (χ1n) is 5.15. The molecule has 0 aliphatic carbocycles. The minimum absolute atomic E-state index is 0.139. The second kappa shape index (κ2) is 8.35. The van der Waals surface area contributed by atoms with Crippen LogP contribution in [0.25, 0.3) is 0 Å². The normalized spacial score (nSPS) is 11.4. The number of urea groups is 1. The highest BCUT2D eigenvalue weighted by Crippen LogP contribution is 1.95. The Morgan fingerprint density at radius 3 is 2.76 bits per heavy atom. The molecule has 0 spiro atoms. The highest BCUT2D eigenvalue weighted by Gasteiger charge is 2.10. The van der Waals surface area contributed by atoms with Crippen molar-refractivity contribution in [3.05, 3.63) is 0 Å². The predicted octanol–water partition coefficient (Wildman–Crippen LogP) is -0.111. The Kier molecular flexibility index (Phi) is 7.46. The standard InChI is InChI=1S/C10H17N3O4/c1-8(5-11)6-13(2)10(16)12-3-4-17-7-9(14)15/h8H,3-4,6-7H2,1-2H3,(H,12,16)(H,14,15). The van der Waals surface area contributed by atoms with Gasteiger partial charge in [0.25, 0.3) is 0 Å². The lowest BCUT2D eigenvalue weighted by molar-refractivity contribution is -0.142. The molecule has 1 unspecified atom stereocenters. The van der Waals surface area contributed by atoms with Crippen LogP contribution in [0.1, 0.15) is 6.92 Å². The lowest BCUT2D eigenvalue weighted by Gasteiger charge is -2.18. The molecule has 7 heteroatoms. The molecule has 0 aliphatic rings. The number of nitrogens with zero attached hydrogens (tertiary/aromatic N) is 2. The van der Waals surface area contributed by atoms with Gasteiger partial charge >= 0.3 is 12.0 Å². The van der Waals surface area contributed by atoms with Gasteiger partial charge in [-0.25, -0.2) is 9.59 Å². The Bertz CT molecular complexity index is 300. The molecule has 0 rings (SSSR count). The molecule has 1 atom stereocenters. The number of carbonyl (C=O) groups is 2. The lowest BCUT2D eigenvalue weighted by Crippen LogP contribution is -2.40. The van der Waals surface area contributed by atoms with E-state index in [2.05, 4.69) is 5.32 Å². The van der Waals surface area contributed by atoms with E-state index in [4.69, 9.17) is 15.1 Å². The molecule has 0 bridgehead atoms. The minimum Gasteiger partial charge on any atom is -0.480 e. The number of carboxylic acid groups (broad SMARTS) is 1. The lowest BCUT2D eigenvalue weighted by atomic mass is 10.2.